The van der Waals surface area contributed by atoms with Gasteiger partial charge in [-0.1, -0.05) is 54.1 Å². The number of nitrogens with one attached hydrogen (secondary N) is 1. The van der Waals surface area contributed by atoms with Crippen molar-refractivity contribution in [3.8, 4) is 0 Å². The molecule has 5 nitrogen and oxygen atoms in total. The second kappa shape index (κ2) is 6.42. The number of benzene rings is 1. The first-order valence-corrected chi connectivity index (χ1v) is 10.7. The minimum atomic E-state index is -1.01. The molecule has 5 N–H and O–H groups in total. The lowest BCUT2D eigenvalue weighted by atomic mass is 9.63. The van der Waals surface area contributed by atoms with Crippen molar-refractivity contribution in [1.82, 2.24) is 5.32 Å². The molecule has 0 unspecified atom stereocenters. The van der Waals surface area contributed by atoms with E-state index in [-0.39, 0.29) is 28.6 Å². The van der Waals surface area contributed by atoms with Gasteiger partial charge in [0.15, 0.2) is 0 Å². The minimum Gasteiger partial charge on any atom is -0.369 e. The molecule has 1 spiro atoms. The van der Waals surface area contributed by atoms with Gasteiger partial charge < -0.3 is 16.8 Å². The zero-order valence-corrected chi connectivity index (χ0v) is 18.0. The van der Waals surface area contributed by atoms with Crippen molar-refractivity contribution in [3.63, 3.8) is 0 Å². The summed E-state index contributed by atoms with van der Waals surface area (Å²) in [5.41, 5.74) is 11.6. The molecule has 0 aliphatic heterocycles. The van der Waals surface area contributed by atoms with Crippen LogP contribution in [0.3, 0.4) is 0 Å². The van der Waals surface area contributed by atoms with E-state index >= 15 is 0 Å². The van der Waals surface area contributed by atoms with Crippen LogP contribution < -0.4 is 16.8 Å². The molecule has 2 bridgehead atoms. The lowest BCUT2D eigenvalue weighted by molar-refractivity contribution is -0.136. The van der Waals surface area contributed by atoms with Gasteiger partial charge in [-0.3, -0.25) is 9.59 Å². The van der Waals surface area contributed by atoms with Crippen molar-refractivity contribution in [1.29, 1.82) is 0 Å². The van der Waals surface area contributed by atoms with E-state index in [4.69, 9.17) is 11.5 Å². The fourth-order valence-electron chi connectivity index (χ4n) is 5.55. The van der Waals surface area contributed by atoms with E-state index in [2.05, 4.69) is 33.4 Å². The lowest BCUT2D eigenvalue weighted by Gasteiger charge is -2.39. The third-order valence-corrected chi connectivity index (χ3v) is 7.80. The van der Waals surface area contributed by atoms with Crippen molar-refractivity contribution < 1.29 is 9.59 Å². The molecule has 28 heavy (non-hydrogen) atoms. The number of primary amides is 1. The van der Waals surface area contributed by atoms with Crippen LogP contribution >= 0.6 is 15.9 Å². The van der Waals surface area contributed by atoms with Crippen LogP contribution in [0.25, 0.3) is 0 Å². The van der Waals surface area contributed by atoms with Crippen molar-refractivity contribution >= 4 is 27.7 Å². The minimum absolute atomic E-state index is 0.00744. The third-order valence-electron chi connectivity index (χ3n) is 7.27. The van der Waals surface area contributed by atoms with E-state index in [0.717, 1.165) is 22.9 Å². The first-order valence-electron chi connectivity index (χ1n) is 9.91. The van der Waals surface area contributed by atoms with Gasteiger partial charge in [-0.05, 0) is 53.8 Å². The van der Waals surface area contributed by atoms with Crippen molar-refractivity contribution in [3.05, 3.63) is 46.5 Å². The molecule has 2 amide bonds. The van der Waals surface area contributed by atoms with Gasteiger partial charge in [0.25, 0.3) is 0 Å². The molecule has 4 atom stereocenters. The van der Waals surface area contributed by atoms with Crippen LogP contribution in [-0.4, -0.2) is 24.9 Å². The molecule has 0 heterocycles. The van der Waals surface area contributed by atoms with Gasteiger partial charge in [-0.2, -0.15) is 0 Å². The molecular weight excluding hydrogens is 418 g/mol. The summed E-state index contributed by atoms with van der Waals surface area (Å²) in [6.45, 7) is 4.99. The van der Waals surface area contributed by atoms with Crippen LogP contribution in [0.1, 0.15) is 32.3 Å². The number of allylic oxidation sites excluding steroid dienone is 2. The molecule has 6 heteroatoms. The summed E-state index contributed by atoms with van der Waals surface area (Å²) in [5.74, 6) is -0.962. The first kappa shape index (κ1) is 19.6. The molecule has 0 radical (unpaired) electrons. The summed E-state index contributed by atoms with van der Waals surface area (Å²) in [7, 11) is 0. The van der Waals surface area contributed by atoms with E-state index in [1.165, 1.54) is 0 Å². The van der Waals surface area contributed by atoms with Gasteiger partial charge in [0.05, 0.1) is 11.3 Å². The molecule has 2 fully saturated rings. The monoisotopic (exact) mass is 445 g/mol. The standard InChI is InChI=1S/C22H28BrN3O2/c1-20(2,11-24)12-26-18(27)17-15-7-8-16(21(15)9-10-21)22(17,19(25)28)13-3-5-14(23)6-4-13/h3-8,15-17H,9-12,24H2,1-2H3,(H2,25,28)(H,26,27)/t15-,16+,17+,22-/m1/s1. The highest BCUT2D eigenvalue weighted by Crippen LogP contribution is 2.75. The zero-order valence-electron chi connectivity index (χ0n) is 16.4. The molecule has 2 saturated carbocycles. The van der Waals surface area contributed by atoms with Crippen LogP contribution in [0.4, 0.5) is 0 Å². The fraction of sp³-hybridized carbons (Fsp3) is 0.545. The molecule has 0 aromatic heterocycles. The average Bonchev–Trinajstić information content (AvgIpc) is 3.33. The van der Waals surface area contributed by atoms with E-state index < -0.39 is 17.2 Å². The summed E-state index contributed by atoms with van der Waals surface area (Å²) in [5, 5.41) is 3.09. The van der Waals surface area contributed by atoms with E-state index in [9.17, 15) is 9.59 Å². The van der Waals surface area contributed by atoms with Crippen LogP contribution in [0.2, 0.25) is 0 Å². The van der Waals surface area contributed by atoms with Gasteiger partial charge in [0.2, 0.25) is 11.8 Å². The maximum Gasteiger partial charge on any atom is 0.229 e. The fourth-order valence-corrected chi connectivity index (χ4v) is 5.81. The van der Waals surface area contributed by atoms with Gasteiger partial charge in [-0.25, -0.2) is 0 Å². The quantitative estimate of drug-likeness (QED) is 0.586. The number of hydrogen-bond acceptors (Lipinski definition) is 3. The van der Waals surface area contributed by atoms with Gasteiger partial charge in [-0.15, -0.1) is 0 Å². The Kier molecular flexibility index (Phi) is 4.51. The number of hydrogen-bond donors (Lipinski definition) is 3. The summed E-state index contributed by atoms with van der Waals surface area (Å²) in [4.78, 5) is 26.5. The highest BCUT2D eigenvalue weighted by Gasteiger charge is 2.76. The van der Waals surface area contributed by atoms with Gasteiger partial charge >= 0.3 is 0 Å². The Morgan fingerprint density at radius 1 is 1.21 bits per heavy atom. The number of carbonyl (C=O) groups excluding carboxylic acids is 2. The normalized spacial score (nSPS) is 31.9. The lowest BCUT2D eigenvalue weighted by Crippen LogP contribution is -2.55. The summed E-state index contributed by atoms with van der Waals surface area (Å²) in [6.07, 6.45) is 6.37. The van der Waals surface area contributed by atoms with Crippen LogP contribution in [-0.2, 0) is 15.0 Å². The maximum atomic E-state index is 13.5. The third kappa shape index (κ3) is 2.61. The Labute approximate surface area is 174 Å². The Balaban J connectivity index is 1.78. The van der Waals surface area contributed by atoms with Crippen molar-refractivity contribution in [2.75, 3.05) is 13.1 Å². The highest BCUT2D eigenvalue weighted by molar-refractivity contribution is 9.10. The molecule has 150 valence electrons. The number of nitrogens with two attached hydrogens (primary N) is 2. The Bertz CT molecular complexity index is 844. The summed E-state index contributed by atoms with van der Waals surface area (Å²) in [6, 6.07) is 7.71. The zero-order chi connectivity index (χ0) is 20.3. The molecule has 4 rings (SSSR count). The smallest absolute Gasteiger partial charge is 0.229 e. The second-order valence-electron chi connectivity index (χ2n) is 9.43. The summed E-state index contributed by atoms with van der Waals surface area (Å²) >= 11 is 3.46. The van der Waals surface area contributed by atoms with Crippen molar-refractivity contribution in [2.45, 2.75) is 32.1 Å². The topological polar surface area (TPSA) is 98.2 Å². The molecule has 1 aromatic carbocycles. The molecule has 3 aliphatic carbocycles. The van der Waals surface area contributed by atoms with Crippen LogP contribution in [0, 0.1) is 28.6 Å². The number of halogens is 1. The van der Waals surface area contributed by atoms with Gasteiger partial charge in [0.1, 0.15) is 0 Å². The van der Waals surface area contributed by atoms with Gasteiger partial charge in [0, 0.05) is 16.9 Å². The van der Waals surface area contributed by atoms with E-state index in [0.29, 0.717) is 13.1 Å². The Hall–Kier alpha value is -1.66. The molecule has 1 aromatic rings. The average molecular weight is 446 g/mol. The van der Waals surface area contributed by atoms with E-state index in [1.807, 2.05) is 38.1 Å². The maximum absolute atomic E-state index is 13.5. The number of rotatable bonds is 6. The van der Waals surface area contributed by atoms with E-state index in [1.54, 1.807) is 0 Å². The van der Waals surface area contributed by atoms with Crippen LogP contribution in [0.15, 0.2) is 40.9 Å². The molecule has 3 aliphatic rings. The number of carbonyl (C=O) groups is 2. The highest BCUT2D eigenvalue weighted by atomic mass is 79.9. The number of amides is 2. The predicted octanol–water partition coefficient (Wildman–Crippen LogP) is 2.49. The summed E-state index contributed by atoms with van der Waals surface area (Å²) < 4.78 is 0.932. The molecule has 0 saturated heterocycles. The first-order chi connectivity index (χ1) is 13.2. The second-order valence-corrected chi connectivity index (χ2v) is 10.3. The van der Waals surface area contributed by atoms with Crippen LogP contribution in [0.5, 0.6) is 0 Å². The largest absolute Gasteiger partial charge is 0.369 e. The Morgan fingerprint density at radius 3 is 2.39 bits per heavy atom. The predicted molar refractivity (Wildman–Crippen MR) is 112 cm³/mol. The SMILES string of the molecule is CC(C)(CN)CNC(=O)[C@@H]1[C@H]2C=C[C@@H](C23CC3)[C@]1(C(N)=O)c1ccc(Br)cc1. The molecular formula is C22H28BrN3O2. The van der Waals surface area contributed by atoms with Crippen molar-refractivity contribution in [2.24, 2.45) is 40.1 Å². The Morgan fingerprint density at radius 2 is 1.86 bits per heavy atom.